The molecule has 0 saturated heterocycles. The molecule has 0 atom stereocenters. The normalized spacial score (nSPS) is 11.2. The average molecular weight is 475 g/mol. The number of ether oxygens (including phenoxy) is 1. The van der Waals surface area contributed by atoms with Crippen LogP contribution < -0.4 is 10.2 Å². The second-order valence-electron chi connectivity index (χ2n) is 7.07. The number of furan rings is 1. The van der Waals surface area contributed by atoms with Crippen molar-refractivity contribution in [1.82, 2.24) is 0 Å². The number of fused-ring (bicyclic) bond motifs is 2. The molecular weight excluding hydrogens is 460 g/mol. The first kappa shape index (κ1) is 19.3. The zero-order valence-corrected chi connectivity index (χ0v) is 17.9. The van der Waals surface area contributed by atoms with Gasteiger partial charge in [0.1, 0.15) is 22.7 Å². The van der Waals surface area contributed by atoms with E-state index in [2.05, 4.69) is 15.9 Å². The second-order valence-corrected chi connectivity index (χ2v) is 7.98. The topological polar surface area (TPSA) is 69.7 Å². The van der Waals surface area contributed by atoms with Crippen molar-refractivity contribution >= 4 is 43.8 Å². The lowest BCUT2D eigenvalue weighted by Crippen LogP contribution is -2.09. The van der Waals surface area contributed by atoms with Crippen LogP contribution in [-0.2, 0) is 0 Å². The van der Waals surface area contributed by atoms with Gasteiger partial charge in [-0.15, -0.1) is 0 Å². The van der Waals surface area contributed by atoms with E-state index in [1.807, 2.05) is 42.5 Å². The molecule has 0 fully saturated rings. The standard InChI is InChI=1S/C25H15BrO5/c1-14-23(15-5-3-2-4-6-15)24(27)19-9-8-18(13-21(19)29-14)30-25(28)22-12-16-11-17(26)7-10-20(16)31-22/h2-13H,1H3. The van der Waals surface area contributed by atoms with Crippen molar-refractivity contribution in [3.8, 4) is 16.9 Å². The summed E-state index contributed by atoms with van der Waals surface area (Å²) in [5, 5.41) is 1.20. The Kier molecular flexibility index (Phi) is 4.71. The molecule has 6 heteroatoms. The number of esters is 1. The maximum atomic E-state index is 13.0. The Balaban J connectivity index is 1.49. The second kappa shape index (κ2) is 7.56. The third kappa shape index (κ3) is 3.55. The highest BCUT2D eigenvalue weighted by molar-refractivity contribution is 9.10. The minimum atomic E-state index is -0.633. The van der Waals surface area contributed by atoms with Gasteiger partial charge < -0.3 is 13.6 Å². The van der Waals surface area contributed by atoms with Crippen LogP contribution in [0.4, 0.5) is 0 Å². The van der Waals surface area contributed by atoms with Gasteiger partial charge in [-0.05, 0) is 48.9 Å². The first-order valence-electron chi connectivity index (χ1n) is 9.54. The molecule has 0 radical (unpaired) electrons. The molecular formula is C25H15BrO5. The molecule has 2 aromatic heterocycles. The van der Waals surface area contributed by atoms with Crippen molar-refractivity contribution in [1.29, 1.82) is 0 Å². The fourth-order valence-corrected chi connectivity index (χ4v) is 3.94. The molecule has 3 aromatic carbocycles. The van der Waals surface area contributed by atoms with Gasteiger partial charge in [-0.2, -0.15) is 0 Å². The Morgan fingerprint density at radius 1 is 0.903 bits per heavy atom. The van der Waals surface area contributed by atoms with Gasteiger partial charge in [-0.25, -0.2) is 4.79 Å². The van der Waals surface area contributed by atoms with Crippen LogP contribution in [0.2, 0.25) is 0 Å². The van der Waals surface area contributed by atoms with Gasteiger partial charge in [-0.1, -0.05) is 46.3 Å². The number of rotatable bonds is 3. The predicted octanol–water partition coefficient (Wildman–Crippen LogP) is 6.50. The fraction of sp³-hybridized carbons (Fsp3) is 0.0400. The summed E-state index contributed by atoms with van der Waals surface area (Å²) < 4.78 is 17.8. The van der Waals surface area contributed by atoms with E-state index in [0.29, 0.717) is 27.9 Å². The third-order valence-corrected chi connectivity index (χ3v) is 5.49. The van der Waals surface area contributed by atoms with Crippen molar-refractivity contribution in [2.75, 3.05) is 0 Å². The minimum absolute atomic E-state index is 0.0882. The number of halogens is 1. The molecule has 0 saturated carbocycles. The SMILES string of the molecule is Cc1oc2cc(OC(=O)c3cc4cc(Br)ccc4o3)ccc2c(=O)c1-c1ccccc1. The highest BCUT2D eigenvalue weighted by atomic mass is 79.9. The molecule has 0 unspecified atom stereocenters. The first-order chi connectivity index (χ1) is 15.0. The summed E-state index contributed by atoms with van der Waals surface area (Å²) in [6, 6.07) is 21.2. The van der Waals surface area contributed by atoms with Crippen LogP contribution in [0.3, 0.4) is 0 Å². The van der Waals surface area contributed by atoms with E-state index in [0.717, 1.165) is 15.4 Å². The van der Waals surface area contributed by atoms with Crippen LogP contribution in [0.25, 0.3) is 33.1 Å². The molecule has 0 aliphatic carbocycles. The van der Waals surface area contributed by atoms with Gasteiger partial charge >= 0.3 is 5.97 Å². The monoisotopic (exact) mass is 474 g/mol. The van der Waals surface area contributed by atoms with E-state index in [1.54, 1.807) is 31.2 Å². The lowest BCUT2D eigenvalue weighted by atomic mass is 10.0. The lowest BCUT2D eigenvalue weighted by molar-refractivity contribution is 0.0704. The van der Waals surface area contributed by atoms with E-state index in [4.69, 9.17) is 13.6 Å². The van der Waals surface area contributed by atoms with Crippen LogP contribution in [0.5, 0.6) is 5.75 Å². The van der Waals surface area contributed by atoms with E-state index >= 15 is 0 Å². The predicted molar refractivity (Wildman–Crippen MR) is 122 cm³/mol. The Hall–Kier alpha value is -3.64. The highest BCUT2D eigenvalue weighted by Crippen LogP contribution is 2.28. The Bertz CT molecular complexity index is 1510. The van der Waals surface area contributed by atoms with Crippen LogP contribution in [-0.4, -0.2) is 5.97 Å². The quantitative estimate of drug-likeness (QED) is 0.220. The largest absolute Gasteiger partial charge is 0.460 e. The van der Waals surface area contributed by atoms with Gasteiger partial charge in [0.2, 0.25) is 11.2 Å². The summed E-state index contributed by atoms with van der Waals surface area (Å²) in [5.74, 6) is 0.209. The fourth-order valence-electron chi connectivity index (χ4n) is 3.56. The van der Waals surface area contributed by atoms with Gasteiger partial charge in [0, 0.05) is 15.9 Å². The van der Waals surface area contributed by atoms with Crippen LogP contribution in [0.15, 0.2) is 90.9 Å². The van der Waals surface area contributed by atoms with Gasteiger partial charge in [-0.3, -0.25) is 4.79 Å². The first-order valence-corrected chi connectivity index (χ1v) is 10.3. The van der Waals surface area contributed by atoms with Crippen molar-refractivity contribution in [3.63, 3.8) is 0 Å². The summed E-state index contributed by atoms with van der Waals surface area (Å²) in [5.41, 5.74) is 2.12. The van der Waals surface area contributed by atoms with Gasteiger partial charge in [0.15, 0.2) is 0 Å². The number of aryl methyl sites for hydroxylation is 1. The summed E-state index contributed by atoms with van der Waals surface area (Å²) in [6.07, 6.45) is 0. The summed E-state index contributed by atoms with van der Waals surface area (Å²) in [6.45, 7) is 1.74. The maximum absolute atomic E-state index is 13.0. The number of carbonyl (C=O) groups is 1. The number of carbonyl (C=O) groups excluding carboxylic acids is 1. The van der Waals surface area contributed by atoms with E-state index in [1.165, 1.54) is 6.07 Å². The van der Waals surface area contributed by atoms with Crippen molar-refractivity contribution in [3.05, 3.63) is 99.0 Å². The van der Waals surface area contributed by atoms with Gasteiger partial charge in [0.25, 0.3) is 0 Å². The molecule has 5 nitrogen and oxygen atoms in total. The van der Waals surface area contributed by atoms with Crippen molar-refractivity contribution < 1.29 is 18.4 Å². The zero-order valence-electron chi connectivity index (χ0n) is 16.3. The molecule has 31 heavy (non-hydrogen) atoms. The Morgan fingerprint density at radius 2 is 1.71 bits per heavy atom. The zero-order chi connectivity index (χ0) is 21.5. The Labute approximate surface area is 185 Å². The molecule has 5 rings (SSSR count). The number of benzene rings is 3. The molecule has 2 heterocycles. The van der Waals surface area contributed by atoms with Crippen molar-refractivity contribution in [2.24, 2.45) is 0 Å². The summed E-state index contributed by atoms with van der Waals surface area (Å²) >= 11 is 3.39. The van der Waals surface area contributed by atoms with Crippen molar-refractivity contribution in [2.45, 2.75) is 6.92 Å². The molecule has 0 aliphatic rings. The van der Waals surface area contributed by atoms with E-state index in [-0.39, 0.29) is 16.9 Å². The highest BCUT2D eigenvalue weighted by Gasteiger charge is 2.17. The molecule has 5 aromatic rings. The molecule has 0 spiro atoms. The molecule has 0 bridgehead atoms. The molecule has 152 valence electrons. The van der Waals surface area contributed by atoms with Crippen LogP contribution >= 0.6 is 15.9 Å². The minimum Gasteiger partial charge on any atom is -0.460 e. The summed E-state index contributed by atoms with van der Waals surface area (Å²) in [7, 11) is 0. The van der Waals surface area contributed by atoms with Gasteiger partial charge in [0.05, 0.1) is 10.9 Å². The average Bonchev–Trinajstić information content (AvgIpc) is 3.18. The lowest BCUT2D eigenvalue weighted by Gasteiger charge is -2.08. The Morgan fingerprint density at radius 3 is 2.52 bits per heavy atom. The summed E-state index contributed by atoms with van der Waals surface area (Å²) in [4.78, 5) is 25.6. The number of hydrogen-bond donors (Lipinski definition) is 0. The van der Waals surface area contributed by atoms with Crippen LogP contribution in [0, 0.1) is 6.92 Å². The van der Waals surface area contributed by atoms with E-state index < -0.39 is 5.97 Å². The van der Waals surface area contributed by atoms with Crippen LogP contribution in [0.1, 0.15) is 16.3 Å². The maximum Gasteiger partial charge on any atom is 0.379 e. The number of hydrogen-bond acceptors (Lipinski definition) is 5. The third-order valence-electron chi connectivity index (χ3n) is 4.99. The smallest absolute Gasteiger partial charge is 0.379 e. The molecule has 0 amide bonds. The van der Waals surface area contributed by atoms with E-state index in [9.17, 15) is 9.59 Å². The molecule has 0 N–H and O–H groups in total. The molecule has 0 aliphatic heterocycles.